The summed E-state index contributed by atoms with van der Waals surface area (Å²) in [5, 5.41) is 19.7. The number of aromatic nitrogens is 2. The number of nitrogens with zero attached hydrogens (tertiary/aromatic N) is 2. The van der Waals surface area contributed by atoms with Crippen LogP contribution in [0.1, 0.15) is 11.4 Å². The van der Waals surface area contributed by atoms with E-state index in [-0.39, 0.29) is 18.1 Å². The summed E-state index contributed by atoms with van der Waals surface area (Å²) in [7, 11) is 3.04. The Morgan fingerprint density at radius 2 is 1.93 bits per heavy atom. The fraction of sp³-hybridized carbons (Fsp3) is 0.200. The second-order valence-electron chi connectivity index (χ2n) is 6.52. The summed E-state index contributed by atoms with van der Waals surface area (Å²) in [5.41, 5.74) is 3.65. The second kappa shape index (κ2) is 6.76. The lowest BCUT2D eigenvalue weighted by Gasteiger charge is -2.22. The monoisotopic (exact) mass is 398 g/mol. The van der Waals surface area contributed by atoms with E-state index in [0.29, 0.717) is 33.6 Å². The van der Waals surface area contributed by atoms with Gasteiger partial charge < -0.3 is 24.5 Å². The number of aliphatic hydroxyl groups is 1. The standard InChI is InChI=1S/C20H19ClN4O3/c1-10-4-5-12-13(6-10)24-20(23-12)18-15(26)9-25(19(18)22)14-8-16(27-2)11(21)7-17(14)28-3/h4-8,22,26H,9H2,1-3H3,(H,23,24). The Bertz CT molecular complexity index is 1140. The van der Waals surface area contributed by atoms with E-state index in [1.165, 1.54) is 14.2 Å². The van der Waals surface area contributed by atoms with Crippen molar-refractivity contribution < 1.29 is 14.6 Å². The first-order valence-corrected chi connectivity index (χ1v) is 8.97. The van der Waals surface area contributed by atoms with Gasteiger partial charge in [0.15, 0.2) is 0 Å². The van der Waals surface area contributed by atoms with Gasteiger partial charge in [-0.15, -0.1) is 0 Å². The van der Waals surface area contributed by atoms with Gasteiger partial charge in [-0.1, -0.05) is 17.7 Å². The summed E-state index contributed by atoms with van der Waals surface area (Å²) < 4.78 is 10.7. The van der Waals surface area contributed by atoms with Crippen LogP contribution >= 0.6 is 11.6 Å². The van der Waals surface area contributed by atoms with E-state index in [1.807, 2.05) is 25.1 Å². The van der Waals surface area contributed by atoms with Gasteiger partial charge in [0.05, 0.1) is 48.1 Å². The normalized spacial score (nSPS) is 14.3. The predicted octanol–water partition coefficient (Wildman–Crippen LogP) is 4.31. The molecule has 4 rings (SSSR count). The van der Waals surface area contributed by atoms with Gasteiger partial charge in [-0.2, -0.15) is 0 Å². The zero-order chi connectivity index (χ0) is 20.0. The molecule has 0 amide bonds. The van der Waals surface area contributed by atoms with E-state index >= 15 is 0 Å². The minimum Gasteiger partial charge on any atom is -0.509 e. The average molecular weight is 399 g/mol. The number of aromatic amines is 1. The average Bonchev–Trinajstić information content (AvgIpc) is 3.20. The lowest BCUT2D eigenvalue weighted by molar-refractivity contribution is 0.400. The molecule has 0 fully saturated rings. The number of halogens is 1. The van der Waals surface area contributed by atoms with Crippen LogP contribution in [-0.2, 0) is 0 Å². The Hall–Kier alpha value is -3.19. The lowest BCUT2D eigenvalue weighted by atomic mass is 10.2. The first-order valence-electron chi connectivity index (χ1n) is 8.59. The number of fused-ring (bicyclic) bond motifs is 1. The number of aryl methyl sites for hydroxylation is 1. The van der Waals surface area contributed by atoms with Crippen molar-refractivity contribution >= 4 is 39.7 Å². The van der Waals surface area contributed by atoms with Crippen LogP contribution in [0.25, 0.3) is 16.6 Å². The second-order valence-corrected chi connectivity index (χ2v) is 6.93. The minimum absolute atomic E-state index is 0.0525. The van der Waals surface area contributed by atoms with Crippen LogP contribution in [0.2, 0.25) is 5.02 Å². The maximum Gasteiger partial charge on any atom is 0.145 e. The lowest BCUT2D eigenvalue weighted by Crippen LogP contribution is -2.26. The molecular formula is C20H19ClN4O3. The SMILES string of the molecule is COc1cc(N2CC(O)=C(c3nc4ccc(C)cc4[nH]3)C2=N)c(OC)cc1Cl. The van der Waals surface area contributed by atoms with Crippen LogP contribution in [0.15, 0.2) is 36.1 Å². The highest BCUT2D eigenvalue weighted by Crippen LogP contribution is 2.41. The molecule has 0 aliphatic carbocycles. The van der Waals surface area contributed by atoms with Crippen molar-refractivity contribution in [1.82, 2.24) is 9.97 Å². The van der Waals surface area contributed by atoms with E-state index in [1.54, 1.807) is 17.0 Å². The first-order chi connectivity index (χ1) is 13.4. The molecule has 7 nitrogen and oxygen atoms in total. The molecule has 1 aliphatic rings. The molecule has 0 spiro atoms. The molecule has 2 heterocycles. The van der Waals surface area contributed by atoms with Crippen LogP contribution in [0.4, 0.5) is 5.69 Å². The Labute approximate surface area is 166 Å². The highest BCUT2D eigenvalue weighted by molar-refractivity contribution is 6.33. The van der Waals surface area contributed by atoms with Gasteiger partial charge in [-0.3, -0.25) is 5.41 Å². The van der Waals surface area contributed by atoms with E-state index in [0.717, 1.165) is 16.6 Å². The largest absolute Gasteiger partial charge is 0.509 e. The number of ether oxygens (including phenoxy) is 2. The molecule has 2 aromatic carbocycles. The summed E-state index contributed by atoms with van der Waals surface area (Å²) in [5.74, 6) is 1.54. The molecule has 0 bridgehead atoms. The fourth-order valence-electron chi connectivity index (χ4n) is 3.33. The van der Waals surface area contributed by atoms with Crippen molar-refractivity contribution in [2.45, 2.75) is 6.92 Å². The Balaban J connectivity index is 1.76. The highest BCUT2D eigenvalue weighted by atomic mass is 35.5. The Morgan fingerprint density at radius 3 is 2.64 bits per heavy atom. The number of benzene rings is 2. The van der Waals surface area contributed by atoms with E-state index in [4.69, 9.17) is 26.5 Å². The maximum atomic E-state index is 10.6. The Morgan fingerprint density at radius 1 is 1.18 bits per heavy atom. The molecule has 1 aromatic heterocycles. The van der Waals surface area contributed by atoms with Crippen molar-refractivity contribution in [2.75, 3.05) is 25.7 Å². The molecule has 3 aromatic rings. The highest BCUT2D eigenvalue weighted by Gasteiger charge is 2.33. The summed E-state index contributed by atoms with van der Waals surface area (Å²) in [6, 6.07) is 9.17. The van der Waals surface area contributed by atoms with E-state index in [9.17, 15) is 5.11 Å². The van der Waals surface area contributed by atoms with Gasteiger partial charge in [0.1, 0.15) is 28.9 Å². The molecule has 0 radical (unpaired) electrons. The first kappa shape index (κ1) is 18.2. The van der Waals surface area contributed by atoms with Crippen molar-refractivity contribution in [3.8, 4) is 11.5 Å². The number of amidine groups is 1. The van der Waals surface area contributed by atoms with E-state index < -0.39 is 0 Å². The number of imidazole rings is 1. The van der Waals surface area contributed by atoms with Gasteiger partial charge in [0.2, 0.25) is 0 Å². The van der Waals surface area contributed by atoms with Crippen LogP contribution in [0.5, 0.6) is 11.5 Å². The zero-order valence-electron chi connectivity index (χ0n) is 15.6. The number of nitrogens with one attached hydrogen (secondary N) is 2. The van der Waals surface area contributed by atoms with Crippen LogP contribution in [-0.4, -0.2) is 41.7 Å². The van der Waals surface area contributed by atoms with E-state index in [2.05, 4.69) is 9.97 Å². The molecule has 0 saturated heterocycles. The minimum atomic E-state index is 0.0525. The summed E-state index contributed by atoms with van der Waals surface area (Å²) in [6.45, 7) is 2.11. The Kier molecular flexibility index (Phi) is 4.39. The number of rotatable bonds is 4. The van der Waals surface area contributed by atoms with Crippen molar-refractivity contribution in [3.63, 3.8) is 0 Å². The van der Waals surface area contributed by atoms with Gasteiger partial charge in [0, 0.05) is 12.1 Å². The molecule has 144 valence electrons. The molecule has 0 saturated carbocycles. The molecule has 0 atom stereocenters. The third kappa shape index (κ3) is 2.84. The molecule has 0 unspecified atom stereocenters. The number of anilines is 1. The molecular weight excluding hydrogens is 380 g/mol. The number of methoxy groups -OCH3 is 2. The smallest absolute Gasteiger partial charge is 0.145 e. The van der Waals surface area contributed by atoms with Gasteiger partial charge in [-0.25, -0.2) is 4.98 Å². The van der Waals surface area contributed by atoms with Gasteiger partial charge in [0.25, 0.3) is 0 Å². The van der Waals surface area contributed by atoms with Crippen LogP contribution in [0.3, 0.4) is 0 Å². The number of aliphatic hydroxyl groups excluding tert-OH is 1. The summed E-state index contributed by atoms with van der Waals surface area (Å²) in [4.78, 5) is 9.36. The predicted molar refractivity (Wildman–Crippen MR) is 110 cm³/mol. The molecule has 28 heavy (non-hydrogen) atoms. The third-order valence-corrected chi connectivity index (χ3v) is 5.02. The summed E-state index contributed by atoms with van der Waals surface area (Å²) in [6.07, 6.45) is 0. The van der Waals surface area contributed by atoms with Crippen LogP contribution < -0.4 is 14.4 Å². The molecule has 8 heteroatoms. The number of hydrogen-bond acceptors (Lipinski definition) is 5. The fourth-order valence-corrected chi connectivity index (χ4v) is 3.56. The molecule has 1 aliphatic heterocycles. The van der Waals surface area contributed by atoms with Crippen molar-refractivity contribution in [3.05, 3.63) is 52.5 Å². The topological polar surface area (TPSA) is 94.5 Å². The maximum absolute atomic E-state index is 10.6. The van der Waals surface area contributed by atoms with Crippen LogP contribution in [0, 0.1) is 12.3 Å². The van der Waals surface area contributed by atoms with Gasteiger partial charge in [-0.05, 0) is 24.6 Å². The van der Waals surface area contributed by atoms with Crippen molar-refractivity contribution in [2.24, 2.45) is 0 Å². The quantitative estimate of drug-likeness (QED) is 0.608. The van der Waals surface area contributed by atoms with Gasteiger partial charge >= 0.3 is 0 Å². The zero-order valence-corrected chi connectivity index (χ0v) is 16.4. The third-order valence-electron chi connectivity index (χ3n) is 4.72. The molecule has 3 N–H and O–H groups in total. The van der Waals surface area contributed by atoms with Crippen molar-refractivity contribution in [1.29, 1.82) is 5.41 Å². The number of H-pyrrole nitrogens is 1. The summed E-state index contributed by atoms with van der Waals surface area (Å²) >= 11 is 6.18. The number of hydrogen-bond donors (Lipinski definition) is 3.